The monoisotopic (exact) mass is 439 g/mol. The van der Waals surface area contributed by atoms with Gasteiger partial charge < -0.3 is 14.9 Å². The second kappa shape index (κ2) is 7.97. The minimum Gasteiger partial charge on any atom is -0.436 e. The fourth-order valence-corrected chi connectivity index (χ4v) is 4.46. The van der Waals surface area contributed by atoms with E-state index < -0.39 is 10.5 Å². The average molecular weight is 440 g/mol. The van der Waals surface area contributed by atoms with E-state index in [0.29, 0.717) is 12.6 Å². The van der Waals surface area contributed by atoms with Gasteiger partial charge in [0, 0.05) is 42.3 Å². The molecule has 0 unspecified atom stereocenters. The van der Waals surface area contributed by atoms with E-state index in [9.17, 15) is 10.1 Å². The number of nitrogens with zero attached hydrogens (tertiary/aromatic N) is 5. The van der Waals surface area contributed by atoms with Crippen LogP contribution in [0.4, 0.5) is 5.82 Å². The van der Waals surface area contributed by atoms with Gasteiger partial charge in [-0.15, -0.1) is 0 Å². The summed E-state index contributed by atoms with van der Waals surface area (Å²) in [5, 5.41) is 10.9. The van der Waals surface area contributed by atoms with Crippen LogP contribution >= 0.6 is 13.5 Å². The number of imidazole rings is 1. The minimum atomic E-state index is -0.494. The molecule has 0 fully saturated rings. The highest BCUT2D eigenvalue weighted by Crippen LogP contribution is 2.33. The van der Waals surface area contributed by atoms with Gasteiger partial charge in [-0.2, -0.15) is 13.5 Å². The summed E-state index contributed by atoms with van der Waals surface area (Å²) in [6, 6.07) is 12.9. The van der Waals surface area contributed by atoms with Crippen molar-refractivity contribution in [1.82, 2.24) is 19.4 Å². The summed E-state index contributed by atoms with van der Waals surface area (Å²) in [6.45, 7) is 7.14. The number of aromatic nitrogens is 3. The molecule has 0 N–H and O–H groups in total. The van der Waals surface area contributed by atoms with Crippen molar-refractivity contribution < 1.29 is 9.66 Å². The summed E-state index contributed by atoms with van der Waals surface area (Å²) in [7, 11) is 0. The molecule has 8 nitrogen and oxygen atoms in total. The van der Waals surface area contributed by atoms with Crippen molar-refractivity contribution in [2.75, 3.05) is 13.1 Å². The number of rotatable bonds is 4. The maximum atomic E-state index is 10.9. The Morgan fingerprint density at radius 2 is 2.03 bits per heavy atom. The van der Waals surface area contributed by atoms with Crippen molar-refractivity contribution in [2.24, 2.45) is 0 Å². The van der Waals surface area contributed by atoms with Gasteiger partial charge in [0.1, 0.15) is 11.8 Å². The Hall–Kier alpha value is -2.91. The van der Waals surface area contributed by atoms with Gasteiger partial charge in [-0.1, -0.05) is 30.3 Å². The molecule has 5 rings (SSSR count). The zero-order chi connectivity index (χ0) is 20.9. The van der Waals surface area contributed by atoms with E-state index in [1.165, 1.54) is 22.9 Å². The Morgan fingerprint density at radius 1 is 1.23 bits per heavy atom. The molecule has 31 heavy (non-hydrogen) atoms. The van der Waals surface area contributed by atoms with Crippen LogP contribution in [-0.4, -0.2) is 43.0 Å². The van der Waals surface area contributed by atoms with Crippen molar-refractivity contribution in [1.29, 1.82) is 0 Å². The number of hydrogen-bond acceptors (Lipinski definition) is 6. The van der Waals surface area contributed by atoms with Crippen LogP contribution in [0.15, 0.2) is 42.6 Å². The average Bonchev–Trinajstić information content (AvgIpc) is 3.23. The maximum absolute atomic E-state index is 10.9. The van der Waals surface area contributed by atoms with E-state index in [1.54, 1.807) is 4.57 Å². The van der Waals surface area contributed by atoms with Gasteiger partial charge in [-0.3, -0.25) is 14.5 Å². The largest absolute Gasteiger partial charge is 0.436 e. The fourth-order valence-electron chi connectivity index (χ4n) is 4.46. The SMILES string of the molecule is Cc1ccccc1-c1ccc2c(n1)CCN(C[C@@]1(C)Cn3cc([N+](=O)[O-])nc3O1)C2.S. The van der Waals surface area contributed by atoms with E-state index in [0.717, 1.165) is 37.4 Å². The molecule has 0 saturated heterocycles. The lowest BCUT2D eigenvalue weighted by Crippen LogP contribution is -2.46. The van der Waals surface area contributed by atoms with Crippen LogP contribution in [-0.2, 0) is 19.5 Å². The highest BCUT2D eigenvalue weighted by molar-refractivity contribution is 7.59. The molecule has 0 radical (unpaired) electrons. The third kappa shape index (κ3) is 4.03. The summed E-state index contributed by atoms with van der Waals surface area (Å²) < 4.78 is 7.72. The minimum absolute atomic E-state index is 0. The second-order valence-electron chi connectivity index (χ2n) is 8.40. The Balaban J connectivity index is 0.00000231. The molecule has 0 spiro atoms. The van der Waals surface area contributed by atoms with Gasteiger partial charge in [0.15, 0.2) is 0 Å². The molecule has 3 aromatic rings. The summed E-state index contributed by atoms with van der Waals surface area (Å²) in [5.74, 6) is -0.172. The molecule has 4 heterocycles. The maximum Gasteiger partial charge on any atom is 0.415 e. The molecular weight excluding hydrogens is 414 g/mol. The first-order chi connectivity index (χ1) is 14.4. The van der Waals surface area contributed by atoms with Gasteiger partial charge >= 0.3 is 11.8 Å². The number of aryl methyl sites for hydroxylation is 1. The third-order valence-electron chi connectivity index (χ3n) is 5.86. The van der Waals surface area contributed by atoms with E-state index >= 15 is 0 Å². The predicted octanol–water partition coefficient (Wildman–Crippen LogP) is 3.48. The lowest BCUT2D eigenvalue weighted by atomic mass is 9.99. The van der Waals surface area contributed by atoms with Crippen molar-refractivity contribution in [2.45, 2.75) is 39.0 Å². The number of benzene rings is 1. The predicted molar refractivity (Wildman–Crippen MR) is 122 cm³/mol. The topological polar surface area (TPSA) is 86.3 Å². The van der Waals surface area contributed by atoms with Crippen molar-refractivity contribution >= 4 is 19.3 Å². The Morgan fingerprint density at radius 3 is 2.77 bits per heavy atom. The highest BCUT2D eigenvalue weighted by Gasteiger charge is 2.41. The van der Waals surface area contributed by atoms with E-state index in [1.807, 2.05) is 19.1 Å². The van der Waals surface area contributed by atoms with E-state index in [4.69, 9.17) is 9.72 Å². The van der Waals surface area contributed by atoms with Crippen LogP contribution in [0.1, 0.15) is 23.7 Å². The molecule has 0 aliphatic carbocycles. The number of pyridine rings is 1. The summed E-state index contributed by atoms with van der Waals surface area (Å²) in [5.41, 5.74) is 5.38. The number of nitro groups is 1. The molecule has 0 saturated carbocycles. The number of hydrogen-bond donors (Lipinski definition) is 0. The Labute approximate surface area is 187 Å². The summed E-state index contributed by atoms with van der Waals surface area (Å²) in [4.78, 5) is 21.7. The molecule has 1 atom stereocenters. The molecule has 162 valence electrons. The lowest BCUT2D eigenvalue weighted by Gasteiger charge is -2.34. The molecule has 2 aliphatic heterocycles. The standard InChI is InChI=1S/C22H23N5O3.H2S/c1-15-5-3-4-6-17(15)19-8-7-16-11-25(10-9-18(16)23-19)13-22(2)14-26-12-20(27(28)29)24-21(26)30-22;/h3-8,12H,9-11,13-14H2,1-2H3;1H2/t22-;/m0./s1. The molecular formula is C22H25N5O3S. The number of ether oxygens (including phenoxy) is 1. The fraction of sp³-hybridized carbons (Fsp3) is 0.364. The summed E-state index contributed by atoms with van der Waals surface area (Å²) >= 11 is 0. The van der Waals surface area contributed by atoms with Gasteiger partial charge in [-0.05, 0) is 36.0 Å². The smallest absolute Gasteiger partial charge is 0.415 e. The van der Waals surface area contributed by atoms with Crippen LogP contribution in [0.2, 0.25) is 0 Å². The normalized spacial score (nSPS) is 19.8. The van der Waals surface area contributed by atoms with Crippen LogP contribution in [0, 0.1) is 17.0 Å². The third-order valence-corrected chi connectivity index (χ3v) is 5.86. The second-order valence-corrected chi connectivity index (χ2v) is 8.40. The molecule has 2 aliphatic rings. The zero-order valence-corrected chi connectivity index (χ0v) is 18.5. The lowest BCUT2D eigenvalue weighted by molar-refractivity contribution is -0.389. The first-order valence-electron chi connectivity index (χ1n) is 10.1. The van der Waals surface area contributed by atoms with Crippen LogP contribution in [0.3, 0.4) is 0 Å². The van der Waals surface area contributed by atoms with Crippen molar-refractivity contribution in [3.8, 4) is 17.3 Å². The molecule has 2 aromatic heterocycles. The van der Waals surface area contributed by atoms with Crippen molar-refractivity contribution in [3.05, 3.63) is 69.5 Å². The molecule has 9 heteroatoms. The molecule has 1 aromatic carbocycles. The first-order valence-corrected chi connectivity index (χ1v) is 10.1. The van der Waals surface area contributed by atoms with Crippen LogP contribution in [0.25, 0.3) is 11.3 Å². The number of fused-ring (bicyclic) bond motifs is 2. The summed E-state index contributed by atoms with van der Waals surface area (Å²) in [6.07, 6.45) is 2.34. The van der Waals surface area contributed by atoms with Gasteiger partial charge in [0.25, 0.3) is 0 Å². The van der Waals surface area contributed by atoms with E-state index in [-0.39, 0.29) is 19.3 Å². The van der Waals surface area contributed by atoms with Crippen LogP contribution in [0.5, 0.6) is 6.01 Å². The molecule has 0 amide bonds. The van der Waals surface area contributed by atoms with Gasteiger partial charge in [0.2, 0.25) is 0 Å². The van der Waals surface area contributed by atoms with Crippen molar-refractivity contribution in [3.63, 3.8) is 0 Å². The van der Waals surface area contributed by atoms with Gasteiger partial charge in [0.05, 0.1) is 12.2 Å². The highest BCUT2D eigenvalue weighted by atomic mass is 32.1. The Bertz CT molecular complexity index is 1120. The Kier molecular flexibility index (Phi) is 5.49. The van der Waals surface area contributed by atoms with Gasteiger partial charge in [-0.25, -0.2) is 0 Å². The molecule has 0 bridgehead atoms. The quantitative estimate of drug-likeness (QED) is 0.457. The zero-order valence-electron chi connectivity index (χ0n) is 17.5. The first kappa shape index (κ1) is 21.3. The van der Waals surface area contributed by atoms with E-state index in [2.05, 4.69) is 41.1 Å². The van der Waals surface area contributed by atoms with Crippen LogP contribution < -0.4 is 4.74 Å².